The third-order valence-corrected chi connectivity index (χ3v) is 3.70. The standard InChI is InChI=1S/C16H14Cl2O2/c1-20-16-5-3-2-4-12(16)10-13(19)8-11-6-7-14(17)15(18)9-11/h2-7,9H,8,10H2,1H3. The molecule has 0 fully saturated rings. The Morgan fingerprint density at radius 2 is 1.80 bits per heavy atom. The van der Waals surface area contributed by atoms with E-state index in [0.717, 1.165) is 16.9 Å². The summed E-state index contributed by atoms with van der Waals surface area (Å²) in [5.41, 5.74) is 1.75. The average Bonchev–Trinajstić information content (AvgIpc) is 2.43. The molecule has 0 saturated heterocycles. The van der Waals surface area contributed by atoms with Crippen LogP contribution in [-0.2, 0) is 17.6 Å². The molecule has 0 N–H and O–H groups in total. The van der Waals surface area contributed by atoms with Crippen LogP contribution in [0.4, 0.5) is 0 Å². The van der Waals surface area contributed by atoms with E-state index in [4.69, 9.17) is 27.9 Å². The number of rotatable bonds is 5. The Hall–Kier alpha value is -1.51. The van der Waals surface area contributed by atoms with Gasteiger partial charge in [0.15, 0.2) is 0 Å². The van der Waals surface area contributed by atoms with Crippen LogP contribution in [-0.4, -0.2) is 12.9 Å². The molecule has 0 saturated carbocycles. The van der Waals surface area contributed by atoms with Gasteiger partial charge in [0.25, 0.3) is 0 Å². The van der Waals surface area contributed by atoms with E-state index in [-0.39, 0.29) is 5.78 Å². The Labute approximate surface area is 128 Å². The molecule has 0 aliphatic heterocycles. The van der Waals surface area contributed by atoms with Crippen LogP contribution in [0.15, 0.2) is 42.5 Å². The summed E-state index contributed by atoms with van der Waals surface area (Å²) in [6.07, 6.45) is 0.666. The number of Topliss-reactive ketones (excluding diaryl/α,β-unsaturated/α-hetero) is 1. The highest BCUT2D eigenvalue weighted by Crippen LogP contribution is 2.23. The molecule has 2 aromatic carbocycles. The van der Waals surface area contributed by atoms with Gasteiger partial charge < -0.3 is 4.74 Å². The van der Waals surface area contributed by atoms with Crippen molar-refractivity contribution in [2.24, 2.45) is 0 Å². The molecule has 0 unspecified atom stereocenters. The lowest BCUT2D eigenvalue weighted by Crippen LogP contribution is -2.07. The van der Waals surface area contributed by atoms with E-state index in [9.17, 15) is 4.79 Å². The highest BCUT2D eigenvalue weighted by atomic mass is 35.5. The molecule has 2 rings (SSSR count). The maximum Gasteiger partial charge on any atom is 0.141 e. The van der Waals surface area contributed by atoms with Crippen molar-refractivity contribution >= 4 is 29.0 Å². The lowest BCUT2D eigenvalue weighted by atomic mass is 10.0. The summed E-state index contributed by atoms with van der Waals surface area (Å²) in [6.45, 7) is 0. The fourth-order valence-electron chi connectivity index (χ4n) is 2.00. The number of carbonyl (C=O) groups is 1. The van der Waals surface area contributed by atoms with Crippen molar-refractivity contribution in [1.82, 2.24) is 0 Å². The van der Waals surface area contributed by atoms with E-state index in [0.29, 0.717) is 22.9 Å². The Morgan fingerprint density at radius 1 is 1.05 bits per heavy atom. The predicted molar refractivity (Wildman–Crippen MR) is 81.9 cm³/mol. The molecule has 20 heavy (non-hydrogen) atoms. The van der Waals surface area contributed by atoms with Gasteiger partial charge in [0, 0.05) is 18.4 Å². The second kappa shape index (κ2) is 6.78. The summed E-state index contributed by atoms with van der Waals surface area (Å²) in [5.74, 6) is 0.836. The molecule has 0 radical (unpaired) electrons. The Bertz CT molecular complexity index is 624. The number of carbonyl (C=O) groups excluding carboxylic acids is 1. The number of methoxy groups -OCH3 is 1. The summed E-state index contributed by atoms with van der Waals surface area (Å²) < 4.78 is 5.24. The molecular formula is C16H14Cl2O2. The summed E-state index contributed by atoms with van der Waals surface area (Å²) in [5, 5.41) is 0.960. The zero-order valence-corrected chi connectivity index (χ0v) is 12.5. The summed E-state index contributed by atoms with van der Waals surface area (Å²) >= 11 is 11.8. The van der Waals surface area contributed by atoms with Gasteiger partial charge in [0.05, 0.1) is 17.2 Å². The second-order valence-corrected chi connectivity index (χ2v) is 5.27. The zero-order chi connectivity index (χ0) is 14.5. The van der Waals surface area contributed by atoms with Gasteiger partial charge in [0.1, 0.15) is 11.5 Å². The molecule has 0 spiro atoms. The van der Waals surface area contributed by atoms with Crippen molar-refractivity contribution in [2.45, 2.75) is 12.8 Å². The number of hydrogen-bond acceptors (Lipinski definition) is 2. The van der Waals surface area contributed by atoms with E-state index < -0.39 is 0 Å². The highest BCUT2D eigenvalue weighted by molar-refractivity contribution is 6.42. The van der Waals surface area contributed by atoms with E-state index in [1.54, 1.807) is 19.2 Å². The maximum absolute atomic E-state index is 12.1. The number of halogens is 2. The van der Waals surface area contributed by atoms with Crippen LogP contribution >= 0.6 is 23.2 Å². The second-order valence-electron chi connectivity index (χ2n) is 4.45. The highest BCUT2D eigenvalue weighted by Gasteiger charge is 2.10. The zero-order valence-electron chi connectivity index (χ0n) is 11.0. The first-order chi connectivity index (χ1) is 9.60. The van der Waals surface area contributed by atoms with Gasteiger partial charge in [-0.15, -0.1) is 0 Å². The molecule has 2 nitrogen and oxygen atoms in total. The number of para-hydroxylation sites is 1. The lowest BCUT2D eigenvalue weighted by molar-refractivity contribution is -0.117. The minimum Gasteiger partial charge on any atom is -0.496 e. The molecule has 0 bridgehead atoms. The smallest absolute Gasteiger partial charge is 0.141 e. The van der Waals surface area contributed by atoms with Crippen LogP contribution in [0.3, 0.4) is 0 Å². The van der Waals surface area contributed by atoms with E-state index in [2.05, 4.69) is 0 Å². The van der Waals surface area contributed by atoms with Crippen molar-refractivity contribution < 1.29 is 9.53 Å². The molecule has 0 amide bonds. The van der Waals surface area contributed by atoms with Crippen molar-refractivity contribution in [3.63, 3.8) is 0 Å². The van der Waals surface area contributed by atoms with Gasteiger partial charge in [-0.25, -0.2) is 0 Å². The van der Waals surface area contributed by atoms with Gasteiger partial charge in [-0.05, 0) is 23.8 Å². The lowest BCUT2D eigenvalue weighted by Gasteiger charge is -2.08. The van der Waals surface area contributed by atoms with Gasteiger partial charge in [-0.2, -0.15) is 0 Å². The fraction of sp³-hybridized carbons (Fsp3) is 0.188. The molecule has 0 aromatic heterocycles. The summed E-state index contributed by atoms with van der Waals surface area (Å²) in [6, 6.07) is 12.8. The van der Waals surface area contributed by atoms with Gasteiger partial charge in [-0.3, -0.25) is 4.79 Å². The van der Waals surface area contributed by atoms with Crippen LogP contribution in [0.5, 0.6) is 5.75 Å². The fourth-order valence-corrected chi connectivity index (χ4v) is 2.32. The summed E-state index contributed by atoms with van der Waals surface area (Å²) in [4.78, 5) is 12.1. The number of ether oxygens (including phenoxy) is 1. The van der Waals surface area contributed by atoms with Crippen LogP contribution in [0.1, 0.15) is 11.1 Å². The molecule has 2 aromatic rings. The van der Waals surface area contributed by atoms with Gasteiger partial charge in [0.2, 0.25) is 0 Å². The maximum atomic E-state index is 12.1. The average molecular weight is 309 g/mol. The molecule has 0 aliphatic carbocycles. The normalized spacial score (nSPS) is 10.3. The van der Waals surface area contributed by atoms with Crippen LogP contribution < -0.4 is 4.74 Å². The molecule has 0 atom stereocenters. The minimum atomic E-state index is 0.105. The first-order valence-corrected chi connectivity index (χ1v) is 6.93. The third-order valence-electron chi connectivity index (χ3n) is 2.97. The Kier molecular flexibility index (Phi) is 5.05. The Balaban J connectivity index is 2.07. The SMILES string of the molecule is COc1ccccc1CC(=O)Cc1ccc(Cl)c(Cl)c1. The van der Waals surface area contributed by atoms with E-state index in [1.807, 2.05) is 30.3 Å². The van der Waals surface area contributed by atoms with Gasteiger partial charge in [-0.1, -0.05) is 47.5 Å². The predicted octanol–water partition coefficient (Wildman–Crippen LogP) is 4.36. The van der Waals surface area contributed by atoms with Crippen molar-refractivity contribution in [1.29, 1.82) is 0 Å². The molecule has 0 heterocycles. The number of ketones is 1. The number of hydrogen-bond donors (Lipinski definition) is 0. The van der Waals surface area contributed by atoms with E-state index >= 15 is 0 Å². The third kappa shape index (κ3) is 3.75. The van der Waals surface area contributed by atoms with Gasteiger partial charge >= 0.3 is 0 Å². The quantitative estimate of drug-likeness (QED) is 0.820. The first kappa shape index (κ1) is 14.9. The van der Waals surface area contributed by atoms with Crippen molar-refractivity contribution in [2.75, 3.05) is 7.11 Å². The molecule has 4 heteroatoms. The Morgan fingerprint density at radius 3 is 2.50 bits per heavy atom. The molecular weight excluding hydrogens is 295 g/mol. The number of benzene rings is 2. The summed E-state index contributed by atoms with van der Waals surface area (Å²) in [7, 11) is 1.60. The largest absolute Gasteiger partial charge is 0.496 e. The van der Waals surface area contributed by atoms with Crippen LogP contribution in [0, 0.1) is 0 Å². The minimum absolute atomic E-state index is 0.105. The van der Waals surface area contributed by atoms with Crippen LogP contribution in [0.25, 0.3) is 0 Å². The van der Waals surface area contributed by atoms with Crippen LogP contribution in [0.2, 0.25) is 10.0 Å². The van der Waals surface area contributed by atoms with E-state index in [1.165, 1.54) is 0 Å². The van der Waals surface area contributed by atoms with Crippen molar-refractivity contribution in [3.05, 3.63) is 63.6 Å². The monoisotopic (exact) mass is 308 g/mol. The topological polar surface area (TPSA) is 26.3 Å². The molecule has 104 valence electrons. The molecule has 0 aliphatic rings. The van der Waals surface area contributed by atoms with Crippen molar-refractivity contribution in [3.8, 4) is 5.75 Å². The first-order valence-electron chi connectivity index (χ1n) is 6.17.